The maximum Gasteiger partial charge on any atom is 0.416 e. The van der Waals surface area contributed by atoms with E-state index in [-0.39, 0.29) is 22.1 Å². The molecule has 0 spiro atoms. The van der Waals surface area contributed by atoms with Crippen molar-refractivity contribution in [3.05, 3.63) is 50.3 Å². The fourth-order valence-corrected chi connectivity index (χ4v) is 2.27. The van der Waals surface area contributed by atoms with Crippen molar-refractivity contribution < 1.29 is 17.6 Å². The van der Waals surface area contributed by atoms with Crippen LogP contribution in [0.25, 0.3) is 0 Å². The van der Waals surface area contributed by atoms with Gasteiger partial charge in [-0.1, -0.05) is 11.6 Å². The van der Waals surface area contributed by atoms with Gasteiger partial charge < -0.3 is 11.1 Å². The van der Waals surface area contributed by atoms with Crippen LogP contribution in [0.5, 0.6) is 0 Å². The lowest BCUT2D eigenvalue weighted by Gasteiger charge is -2.14. The molecule has 0 aliphatic heterocycles. The minimum absolute atomic E-state index is 0.00111. The minimum Gasteiger partial charge on any atom is -0.397 e. The van der Waals surface area contributed by atoms with Crippen LogP contribution in [0.4, 0.5) is 34.6 Å². The van der Waals surface area contributed by atoms with Gasteiger partial charge in [-0.15, -0.1) is 0 Å². The van der Waals surface area contributed by atoms with Crippen molar-refractivity contribution in [1.82, 2.24) is 0 Å². The fraction of sp³-hybridized carbons (Fsp3) is 0.0769. The molecule has 0 aromatic heterocycles. The molecular weight excluding hydrogens is 423 g/mol. The van der Waals surface area contributed by atoms with E-state index in [0.717, 1.165) is 24.3 Å². The first-order valence-corrected chi connectivity index (χ1v) is 7.02. The van der Waals surface area contributed by atoms with E-state index in [1.165, 1.54) is 6.07 Å². The van der Waals surface area contributed by atoms with E-state index in [2.05, 4.69) is 5.32 Å². The molecule has 2 rings (SSSR count). The van der Waals surface area contributed by atoms with Gasteiger partial charge in [0.25, 0.3) is 0 Å². The molecule has 0 amide bonds. The molecule has 0 saturated carbocycles. The topological polar surface area (TPSA) is 38.0 Å². The highest BCUT2D eigenvalue weighted by atomic mass is 127. The van der Waals surface area contributed by atoms with Crippen molar-refractivity contribution in [2.24, 2.45) is 0 Å². The number of rotatable bonds is 2. The van der Waals surface area contributed by atoms with Crippen LogP contribution < -0.4 is 11.1 Å². The first kappa shape index (κ1) is 16.2. The van der Waals surface area contributed by atoms with Crippen molar-refractivity contribution in [1.29, 1.82) is 0 Å². The zero-order valence-electron chi connectivity index (χ0n) is 10.2. The summed E-state index contributed by atoms with van der Waals surface area (Å²) in [7, 11) is 0. The second-order valence-corrected chi connectivity index (χ2v) is 5.74. The molecule has 8 heteroatoms. The summed E-state index contributed by atoms with van der Waals surface area (Å²) in [6, 6.07) is 5.31. The quantitative estimate of drug-likeness (QED) is 0.379. The van der Waals surface area contributed by atoms with Gasteiger partial charge >= 0.3 is 6.18 Å². The van der Waals surface area contributed by atoms with Crippen LogP contribution in [-0.4, -0.2) is 0 Å². The third-order valence-electron chi connectivity index (χ3n) is 2.66. The highest BCUT2D eigenvalue weighted by molar-refractivity contribution is 14.1. The number of halogens is 6. The first-order chi connectivity index (χ1) is 9.68. The van der Waals surface area contributed by atoms with Crippen LogP contribution in [0.3, 0.4) is 0 Å². The molecule has 2 aromatic rings. The number of hydrogen-bond donors (Lipinski definition) is 2. The number of benzene rings is 2. The second kappa shape index (κ2) is 5.88. The Labute approximate surface area is 136 Å². The second-order valence-electron chi connectivity index (χ2n) is 4.17. The maximum atomic E-state index is 13.5. The lowest BCUT2D eigenvalue weighted by molar-refractivity contribution is -0.137. The molecule has 0 aliphatic carbocycles. The molecule has 3 N–H and O–H groups in total. The van der Waals surface area contributed by atoms with Crippen LogP contribution in [0.1, 0.15) is 5.56 Å². The summed E-state index contributed by atoms with van der Waals surface area (Å²) >= 11 is 7.62. The predicted octanol–water partition coefficient (Wildman–Crippen LogP) is 5.43. The predicted molar refractivity (Wildman–Crippen MR) is 83.3 cm³/mol. The molecule has 2 aromatic carbocycles. The molecule has 21 heavy (non-hydrogen) atoms. The Morgan fingerprint density at radius 3 is 2.38 bits per heavy atom. The van der Waals surface area contributed by atoms with Gasteiger partial charge in [0.1, 0.15) is 5.82 Å². The SMILES string of the molecule is Nc1cc(I)c(F)cc1Nc1cc(C(F)(F)F)ccc1Cl. The van der Waals surface area contributed by atoms with Crippen molar-refractivity contribution >= 4 is 51.3 Å². The lowest BCUT2D eigenvalue weighted by Crippen LogP contribution is -2.06. The average molecular weight is 431 g/mol. The number of nitrogens with one attached hydrogen (secondary N) is 1. The van der Waals surface area contributed by atoms with Crippen LogP contribution >= 0.6 is 34.2 Å². The maximum absolute atomic E-state index is 13.5. The Morgan fingerprint density at radius 2 is 1.76 bits per heavy atom. The van der Waals surface area contributed by atoms with Crippen LogP contribution in [0.2, 0.25) is 5.02 Å². The lowest BCUT2D eigenvalue weighted by atomic mass is 10.2. The molecule has 0 fully saturated rings. The Hall–Kier alpha value is -1.22. The molecule has 112 valence electrons. The Kier molecular flexibility index (Phi) is 4.52. The van der Waals surface area contributed by atoms with Gasteiger partial charge in [-0.2, -0.15) is 13.2 Å². The van der Waals surface area contributed by atoms with E-state index in [4.69, 9.17) is 17.3 Å². The van der Waals surface area contributed by atoms with E-state index in [1.807, 2.05) is 0 Å². The third kappa shape index (κ3) is 3.70. The number of alkyl halides is 3. The van der Waals surface area contributed by atoms with E-state index in [0.29, 0.717) is 3.57 Å². The van der Waals surface area contributed by atoms with Gasteiger partial charge in [-0.25, -0.2) is 4.39 Å². The number of hydrogen-bond acceptors (Lipinski definition) is 2. The van der Waals surface area contributed by atoms with Crippen molar-refractivity contribution in [3.8, 4) is 0 Å². The molecule has 0 bridgehead atoms. The monoisotopic (exact) mass is 430 g/mol. The molecule has 0 saturated heterocycles. The van der Waals surface area contributed by atoms with E-state index in [1.54, 1.807) is 22.6 Å². The van der Waals surface area contributed by atoms with Gasteiger partial charge in [-0.3, -0.25) is 0 Å². The summed E-state index contributed by atoms with van der Waals surface area (Å²) in [5.41, 5.74) is 5.20. The van der Waals surface area contributed by atoms with E-state index in [9.17, 15) is 17.6 Å². The summed E-state index contributed by atoms with van der Waals surface area (Å²) < 4.78 is 51.9. The summed E-state index contributed by atoms with van der Waals surface area (Å²) in [6.45, 7) is 0. The molecule has 0 radical (unpaired) electrons. The summed E-state index contributed by atoms with van der Waals surface area (Å²) in [6.07, 6.45) is -4.50. The smallest absolute Gasteiger partial charge is 0.397 e. The highest BCUT2D eigenvalue weighted by Crippen LogP contribution is 2.36. The number of anilines is 3. The first-order valence-electron chi connectivity index (χ1n) is 5.57. The minimum atomic E-state index is -4.50. The molecule has 0 aliphatic rings. The third-order valence-corrected chi connectivity index (χ3v) is 3.81. The Morgan fingerprint density at radius 1 is 1.10 bits per heavy atom. The van der Waals surface area contributed by atoms with Crippen molar-refractivity contribution in [2.75, 3.05) is 11.1 Å². The Bertz CT molecular complexity index is 689. The normalized spacial score (nSPS) is 11.5. The largest absolute Gasteiger partial charge is 0.416 e. The van der Waals surface area contributed by atoms with Crippen LogP contribution in [0, 0.1) is 9.39 Å². The van der Waals surface area contributed by atoms with Gasteiger partial charge in [0.05, 0.1) is 31.2 Å². The average Bonchev–Trinajstić information content (AvgIpc) is 2.37. The van der Waals surface area contributed by atoms with Crippen molar-refractivity contribution in [2.45, 2.75) is 6.18 Å². The summed E-state index contributed by atoms with van der Waals surface area (Å²) in [4.78, 5) is 0. The number of nitrogens with two attached hydrogens (primary N) is 1. The fourth-order valence-electron chi connectivity index (χ4n) is 1.61. The van der Waals surface area contributed by atoms with E-state index < -0.39 is 17.6 Å². The van der Waals surface area contributed by atoms with Crippen LogP contribution in [0.15, 0.2) is 30.3 Å². The van der Waals surface area contributed by atoms with Gasteiger partial charge in [0.2, 0.25) is 0 Å². The van der Waals surface area contributed by atoms with Crippen molar-refractivity contribution in [3.63, 3.8) is 0 Å². The van der Waals surface area contributed by atoms with Gasteiger partial charge in [-0.05, 0) is 46.9 Å². The highest BCUT2D eigenvalue weighted by Gasteiger charge is 2.31. The van der Waals surface area contributed by atoms with Crippen LogP contribution in [-0.2, 0) is 6.18 Å². The van der Waals surface area contributed by atoms with E-state index >= 15 is 0 Å². The Balaban J connectivity index is 2.42. The molecule has 0 heterocycles. The zero-order chi connectivity index (χ0) is 15.8. The molecule has 0 atom stereocenters. The molecular formula is C13H8ClF4IN2. The molecule has 2 nitrogen and oxygen atoms in total. The summed E-state index contributed by atoms with van der Waals surface area (Å²) in [5.74, 6) is -0.532. The number of nitrogen functional groups attached to an aromatic ring is 1. The van der Waals surface area contributed by atoms with Gasteiger partial charge in [0.15, 0.2) is 0 Å². The zero-order valence-corrected chi connectivity index (χ0v) is 13.1. The van der Waals surface area contributed by atoms with Gasteiger partial charge in [0, 0.05) is 6.07 Å². The molecule has 0 unspecified atom stereocenters. The summed E-state index contributed by atoms with van der Waals surface area (Å²) in [5, 5.41) is 2.69. The standard InChI is InChI=1S/C13H8ClF4IN2/c14-7-2-1-6(13(16,17)18)3-11(7)21-12-4-8(15)9(19)5-10(12)20/h1-5,21H,20H2.